The average Bonchev–Trinajstić information content (AvgIpc) is 3.53. The Morgan fingerprint density at radius 3 is 2.29 bits per heavy atom. The van der Waals surface area contributed by atoms with Gasteiger partial charge in [0.1, 0.15) is 36.3 Å². The second kappa shape index (κ2) is 10.0. The number of hydrogen-bond donors (Lipinski definition) is 1. The Morgan fingerprint density at radius 1 is 1.06 bits per heavy atom. The summed E-state index contributed by atoms with van der Waals surface area (Å²) in [6.45, 7) is 3.26. The van der Waals surface area contributed by atoms with Crippen molar-refractivity contribution in [3.05, 3.63) is 35.9 Å². The van der Waals surface area contributed by atoms with Crippen LogP contribution < -0.4 is 0 Å². The first kappa shape index (κ1) is 22.8. The number of rotatable bonds is 12. The number of fused-ring (bicyclic) bond motifs is 5. The molecule has 1 N–H and O–H groups in total. The largest absolute Gasteiger partial charge is 0.461 e. The number of piperidine rings is 1. The van der Waals surface area contributed by atoms with Crippen molar-refractivity contribution in [2.45, 2.75) is 101 Å². The van der Waals surface area contributed by atoms with Gasteiger partial charge in [-0.1, -0.05) is 69.4 Å². The monoisotopic (exact) mass is 430 g/mol. The molecule has 1 aromatic carbocycles. The standard InChI is InChI=1S/C26H40NO4/c1-3-4-5-6-7-8-12-15-27(2)22-16-20(17-23(27)25-24(22)31-25)30-26(29)21(18-28)19-13-10-9-11-14-19/h9-11,13-14,20-25,28H,3-8,12,15-18H2,1-2H3/q+1. The first-order valence-electron chi connectivity index (χ1n) is 12.4. The van der Waals surface area contributed by atoms with Gasteiger partial charge >= 0.3 is 5.97 Å². The van der Waals surface area contributed by atoms with Crippen molar-refractivity contribution in [3.63, 3.8) is 0 Å². The van der Waals surface area contributed by atoms with Gasteiger partial charge in [-0.3, -0.25) is 4.79 Å². The predicted octanol–water partition coefficient (Wildman–Crippen LogP) is 4.18. The Bertz CT molecular complexity index is 705. The first-order valence-corrected chi connectivity index (χ1v) is 12.4. The number of benzene rings is 1. The van der Waals surface area contributed by atoms with Gasteiger partial charge in [-0.25, -0.2) is 0 Å². The molecule has 0 radical (unpaired) electrons. The van der Waals surface area contributed by atoms with Gasteiger partial charge in [-0.15, -0.1) is 0 Å². The maximum Gasteiger partial charge on any atom is 0.316 e. The Balaban J connectivity index is 1.29. The SMILES string of the molecule is CCCCCCCCC[N+]1(C)C2CC(OC(=O)C(CO)c3ccccc3)CC1C1OC12. The van der Waals surface area contributed by atoms with Gasteiger partial charge in [0.2, 0.25) is 0 Å². The van der Waals surface area contributed by atoms with E-state index in [1.807, 2.05) is 30.3 Å². The smallest absolute Gasteiger partial charge is 0.316 e. The van der Waals surface area contributed by atoms with Gasteiger partial charge in [-0.2, -0.15) is 0 Å². The Morgan fingerprint density at radius 2 is 1.68 bits per heavy atom. The summed E-state index contributed by atoms with van der Waals surface area (Å²) in [7, 11) is 2.40. The van der Waals surface area contributed by atoms with Crippen molar-refractivity contribution in [2.75, 3.05) is 20.2 Å². The molecule has 31 heavy (non-hydrogen) atoms. The number of morpholine rings is 1. The highest BCUT2D eigenvalue weighted by atomic mass is 16.6. The van der Waals surface area contributed by atoms with E-state index in [0.717, 1.165) is 22.9 Å². The van der Waals surface area contributed by atoms with Gasteiger partial charge in [0.15, 0.2) is 0 Å². The third kappa shape index (κ3) is 4.84. The lowest BCUT2D eigenvalue weighted by molar-refractivity contribution is -0.956. The topological polar surface area (TPSA) is 59.1 Å². The fraction of sp³-hybridized carbons (Fsp3) is 0.731. The number of ether oxygens (including phenoxy) is 2. The van der Waals surface area contributed by atoms with Crippen molar-refractivity contribution < 1.29 is 23.9 Å². The molecule has 2 bridgehead atoms. The first-order chi connectivity index (χ1) is 15.1. The fourth-order valence-electron chi connectivity index (χ4n) is 6.14. The lowest BCUT2D eigenvalue weighted by Crippen LogP contribution is -2.62. The molecule has 4 rings (SSSR count). The summed E-state index contributed by atoms with van der Waals surface area (Å²) in [5, 5.41) is 9.79. The van der Waals surface area contributed by atoms with E-state index in [-0.39, 0.29) is 18.7 Å². The lowest BCUT2D eigenvalue weighted by Gasteiger charge is -2.48. The summed E-state index contributed by atoms with van der Waals surface area (Å²) in [4.78, 5) is 12.8. The number of epoxide rings is 1. The molecule has 5 nitrogen and oxygen atoms in total. The van der Waals surface area contributed by atoms with Crippen LogP contribution in [0.4, 0.5) is 0 Å². The second-order valence-electron chi connectivity index (χ2n) is 10.1. The van der Waals surface area contributed by atoms with Crippen molar-refractivity contribution in [1.82, 2.24) is 0 Å². The number of unbranched alkanes of at least 4 members (excludes halogenated alkanes) is 6. The Hall–Kier alpha value is -1.43. The van der Waals surface area contributed by atoms with E-state index in [0.29, 0.717) is 24.3 Å². The molecule has 5 atom stereocenters. The van der Waals surface area contributed by atoms with E-state index in [2.05, 4.69) is 14.0 Å². The van der Waals surface area contributed by atoms with E-state index >= 15 is 0 Å². The van der Waals surface area contributed by atoms with E-state index in [9.17, 15) is 9.90 Å². The number of nitrogens with zero attached hydrogens (tertiary/aromatic N) is 1. The maximum absolute atomic E-state index is 12.8. The van der Waals surface area contributed by atoms with Crippen LogP contribution in [0.5, 0.6) is 0 Å². The van der Waals surface area contributed by atoms with Crippen molar-refractivity contribution in [2.24, 2.45) is 0 Å². The summed E-state index contributed by atoms with van der Waals surface area (Å²) in [5.41, 5.74) is 0.819. The van der Waals surface area contributed by atoms with E-state index in [1.54, 1.807) is 0 Å². The van der Waals surface area contributed by atoms with Crippen LogP contribution in [-0.4, -0.2) is 66.2 Å². The summed E-state index contributed by atoms with van der Waals surface area (Å²) in [6.07, 6.45) is 11.8. The van der Waals surface area contributed by atoms with E-state index in [1.165, 1.54) is 51.5 Å². The molecule has 0 saturated carbocycles. The number of esters is 1. The second-order valence-corrected chi connectivity index (χ2v) is 10.1. The summed E-state index contributed by atoms with van der Waals surface area (Å²) >= 11 is 0. The van der Waals surface area contributed by atoms with Crippen LogP contribution in [0.2, 0.25) is 0 Å². The minimum Gasteiger partial charge on any atom is -0.461 e. The van der Waals surface area contributed by atoms with Crippen molar-refractivity contribution >= 4 is 5.97 Å². The molecular weight excluding hydrogens is 390 g/mol. The Labute approximate surface area is 187 Å². The van der Waals surface area contributed by atoms with Crippen LogP contribution >= 0.6 is 0 Å². The highest BCUT2D eigenvalue weighted by molar-refractivity contribution is 5.78. The van der Waals surface area contributed by atoms with Crippen molar-refractivity contribution in [1.29, 1.82) is 0 Å². The van der Waals surface area contributed by atoms with Crippen molar-refractivity contribution in [3.8, 4) is 0 Å². The molecule has 0 amide bonds. The van der Waals surface area contributed by atoms with E-state index < -0.39 is 5.92 Å². The van der Waals surface area contributed by atoms with Gasteiger partial charge < -0.3 is 19.1 Å². The number of likely N-dealkylation sites (N-methyl/N-ethyl adjacent to an activating group) is 1. The lowest BCUT2D eigenvalue weighted by atomic mass is 9.94. The molecule has 3 heterocycles. The van der Waals surface area contributed by atoms with Crippen LogP contribution in [-0.2, 0) is 14.3 Å². The number of aliphatic hydroxyl groups is 1. The number of carbonyl (C=O) groups is 1. The van der Waals surface area contributed by atoms with Crippen LogP contribution in [0, 0.1) is 0 Å². The quantitative estimate of drug-likeness (QED) is 0.234. The molecule has 5 unspecified atom stereocenters. The maximum atomic E-state index is 12.8. The van der Waals surface area contributed by atoms with Crippen LogP contribution in [0.3, 0.4) is 0 Å². The number of hydrogen-bond acceptors (Lipinski definition) is 4. The number of quaternary nitrogens is 1. The number of carbonyl (C=O) groups excluding carboxylic acids is 1. The minimum absolute atomic E-state index is 0.0584. The third-order valence-electron chi connectivity index (χ3n) is 8.04. The van der Waals surface area contributed by atoms with Gasteiger partial charge in [-0.05, 0) is 18.4 Å². The highest BCUT2D eigenvalue weighted by Gasteiger charge is 2.71. The summed E-state index contributed by atoms with van der Waals surface area (Å²) in [6, 6.07) is 10.3. The van der Waals surface area contributed by atoms with Gasteiger partial charge in [0.05, 0.1) is 20.2 Å². The van der Waals surface area contributed by atoms with E-state index in [4.69, 9.17) is 9.47 Å². The molecule has 3 aliphatic heterocycles. The molecular formula is C26H40NO4+. The normalized spacial score (nSPS) is 34.2. The van der Waals surface area contributed by atoms with Gasteiger partial charge in [0.25, 0.3) is 0 Å². The number of aliphatic hydroxyl groups excluding tert-OH is 1. The zero-order valence-corrected chi connectivity index (χ0v) is 19.2. The molecule has 3 aliphatic rings. The van der Waals surface area contributed by atoms with Crippen LogP contribution in [0.1, 0.15) is 76.2 Å². The zero-order valence-electron chi connectivity index (χ0n) is 19.2. The summed E-state index contributed by atoms with van der Waals surface area (Å²) in [5.74, 6) is -0.893. The molecule has 0 aliphatic carbocycles. The molecule has 1 aromatic rings. The molecule has 3 fully saturated rings. The highest BCUT2D eigenvalue weighted by Crippen LogP contribution is 2.53. The molecule has 0 spiro atoms. The average molecular weight is 431 g/mol. The third-order valence-corrected chi connectivity index (χ3v) is 8.04. The zero-order chi connectivity index (χ0) is 21.8. The summed E-state index contributed by atoms with van der Waals surface area (Å²) < 4.78 is 13.0. The predicted molar refractivity (Wildman–Crippen MR) is 121 cm³/mol. The molecule has 3 saturated heterocycles. The Kier molecular flexibility index (Phi) is 7.35. The van der Waals surface area contributed by atoms with Gasteiger partial charge in [0, 0.05) is 12.8 Å². The molecule has 5 heteroatoms. The minimum atomic E-state index is -0.597. The fourth-order valence-corrected chi connectivity index (χ4v) is 6.14. The molecule has 0 aromatic heterocycles. The van der Waals surface area contributed by atoms with Crippen LogP contribution in [0.15, 0.2) is 30.3 Å². The molecule has 172 valence electrons. The van der Waals surface area contributed by atoms with Crippen LogP contribution in [0.25, 0.3) is 0 Å².